The zero-order chi connectivity index (χ0) is 23.5. The first kappa shape index (κ1) is 23.1. The van der Waals surface area contributed by atoms with Crippen molar-refractivity contribution in [3.63, 3.8) is 0 Å². The molecule has 0 unspecified atom stereocenters. The zero-order valence-corrected chi connectivity index (χ0v) is 20.2. The van der Waals surface area contributed by atoms with Crippen molar-refractivity contribution in [2.75, 3.05) is 12.1 Å². The molecule has 1 aliphatic heterocycles. The Morgan fingerprint density at radius 1 is 1.18 bits per heavy atom. The number of anilines is 1. The molecule has 33 heavy (non-hydrogen) atoms. The fourth-order valence-corrected chi connectivity index (χ4v) is 4.55. The van der Waals surface area contributed by atoms with Crippen molar-refractivity contribution >= 4 is 40.0 Å². The maximum Gasteiger partial charge on any atom is 0.252 e. The van der Waals surface area contributed by atoms with E-state index in [9.17, 15) is 9.59 Å². The van der Waals surface area contributed by atoms with Gasteiger partial charge in [0.25, 0.3) is 5.91 Å². The van der Waals surface area contributed by atoms with Gasteiger partial charge in [-0.05, 0) is 31.0 Å². The van der Waals surface area contributed by atoms with Gasteiger partial charge in [-0.1, -0.05) is 25.6 Å². The second-order valence-electron chi connectivity index (χ2n) is 7.75. The van der Waals surface area contributed by atoms with Crippen molar-refractivity contribution < 1.29 is 19.1 Å². The first-order valence-corrected chi connectivity index (χ1v) is 12.1. The van der Waals surface area contributed by atoms with Gasteiger partial charge in [-0.2, -0.15) is 0 Å². The smallest absolute Gasteiger partial charge is 0.252 e. The first-order valence-electron chi connectivity index (χ1n) is 10.3. The Hall–Kier alpha value is -3.12. The Labute approximate surface area is 199 Å². The highest BCUT2D eigenvalue weighted by Crippen LogP contribution is 2.33. The highest BCUT2D eigenvalue weighted by Gasteiger charge is 2.27. The van der Waals surface area contributed by atoms with Crippen molar-refractivity contribution in [3.05, 3.63) is 41.2 Å². The number of nitrogens with zero attached hydrogens (tertiary/aromatic N) is 4. The van der Waals surface area contributed by atoms with Crippen LogP contribution in [0.2, 0.25) is 0 Å². The lowest BCUT2D eigenvalue weighted by atomic mass is 10.0. The third kappa shape index (κ3) is 5.11. The number of carbonyl (C=O) groups excluding carboxylic acids is 2. The van der Waals surface area contributed by atoms with Crippen molar-refractivity contribution in [1.29, 1.82) is 0 Å². The Morgan fingerprint density at radius 2 is 1.97 bits per heavy atom. The summed E-state index contributed by atoms with van der Waals surface area (Å²) in [5, 5.41) is 16.9. The summed E-state index contributed by atoms with van der Waals surface area (Å²) in [4.78, 5) is 29.5. The summed E-state index contributed by atoms with van der Waals surface area (Å²) in [6.45, 7) is 5.93. The van der Waals surface area contributed by atoms with Crippen molar-refractivity contribution in [2.45, 2.75) is 37.2 Å². The molecule has 3 heterocycles. The van der Waals surface area contributed by atoms with Gasteiger partial charge in [0.05, 0.1) is 11.3 Å². The molecule has 2 amide bonds. The van der Waals surface area contributed by atoms with E-state index in [1.54, 1.807) is 36.7 Å². The predicted molar refractivity (Wildman–Crippen MR) is 125 cm³/mol. The minimum Gasteiger partial charge on any atom is -0.454 e. The number of carbonyl (C=O) groups is 2. The van der Waals surface area contributed by atoms with E-state index in [0.717, 1.165) is 0 Å². The van der Waals surface area contributed by atoms with Crippen LogP contribution in [0.3, 0.4) is 0 Å². The number of aromatic nitrogens is 4. The fourth-order valence-electron chi connectivity index (χ4n) is 3.20. The van der Waals surface area contributed by atoms with Crippen LogP contribution in [0.5, 0.6) is 11.5 Å². The molecule has 10 nitrogen and oxygen atoms in total. The second-order valence-corrected chi connectivity index (χ2v) is 9.95. The van der Waals surface area contributed by atoms with Gasteiger partial charge in [0.2, 0.25) is 12.7 Å². The average molecular weight is 489 g/mol. The molecule has 0 bridgehead atoms. The molecule has 0 spiro atoms. The molecule has 2 atom stereocenters. The fraction of sp³-hybridized carbons (Fsp3) is 0.381. The molecule has 3 aromatic rings. The van der Waals surface area contributed by atoms with E-state index in [0.29, 0.717) is 33.2 Å². The molecule has 0 saturated carbocycles. The van der Waals surface area contributed by atoms with E-state index in [1.807, 2.05) is 25.5 Å². The molecular weight excluding hydrogens is 464 g/mol. The first-order chi connectivity index (χ1) is 15.8. The minimum atomic E-state index is -0.412. The third-order valence-corrected chi connectivity index (χ3v) is 6.87. The number of nitrogens with one attached hydrogen (secondary N) is 2. The summed E-state index contributed by atoms with van der Waals surface area (Å²) >= 11 is 2.65. The molecule has 1 aromatic carbocycles. The third-order valence-electron chi connectivity index (χ3n) is 5.05. The average Bonchev–Trinajstić information content (AvgIpc) is 3.54. The Bertz CT molecular complexity index is 1150. The van der Waals surface area contributed by atoms with E-state index < -0.39 is 5.25 Å². The molecule has 1 aliphatic rings. The number of fused-ring (bicyclic) bond motifs is 1. The number of hydrogen-bond donors (Lipinski definition) is 2. The monoisotopic (exact) mass is 488 g/mol. The van der Waals surface area contributed by atoms with Gasteiger partial charge in [0.1, 0.15) is 0 Å². The van der Waals surface area contributed by atoms with Crippen molar-refractivity contribution in [1.82, 2.24) is 25.1 Å². The van der Waals surface area contributed by atoms with Crippen molar-refractivity contribution in [3.8, 4) is 11.5 Å². The van der Waals surface area contributed by atoms with Crippen LogP contribution in [-0.2, 0) is 11.8 Å². The maximum atomic E-state index is 12.9. The Balaban J connectivity index is 1.46. The van der Waals surface area contributed by atoms with Crippen LogP contribution in [0, 0.1) is 5.92 Å². The normalized spacial score (nSPS) is 14.2. The molecule has 4 rings (SSSR count). The zero-order valence-electron chi connectivity index (χ0n) is 18.6. The standard InChI is InChI=1S/C21H24N6O4S2/c1-11(2)16(23-19(29)13-5-6-14-15(9-13)31-10-30-14)17-25-26-21(27(17)4)33-12(3)18(28)24-20-22-7-8-32-20/h5-9,11-12,16H,10H2,1-4H3,(H,23,29)(H,22,24,28)/t12-,16-/m1/s1. The molecule has 0 saturated heterocycles. The lowest BCUT2D eigenvalue weighted by Gasteiger charge is -2.22. The highest BCUT2D eigenvalue weighted by molar-refractivity contribution is 8.00. The van der Waals surface area contributed by atoms with E-state index in [2.05, 4.69) is 25.8 Å². The van der Waals surface area contributed by atoms with Gasteiger partial charge in [-0.15, -0.1) is 21.5 Å². The van der Waals surface area contributed by atoms with Gasteiger partial charge in [0.15, 0.2) is 27.6 Å². The van der Waals surface area contributed by atoms with E-state index in [4.69, 9.17) is 9.47 Å². The molecule has 2 N–H and O–H groups in total. The van der Waals surface area contributed by atoms with Crippen LogP contribution in [0.25, 0.3) is 0 Å². The van der Waals surface area contributed by atoms with Crippen LogP contribution in [0.15, 0.2) is 34.9 Å². The Morgan fingerprint density at radius 3 is 2.70 bits per heavy atom. The number of thioether (sulfide) groups is 1. The molecule has 174 valence electrons. The number of rotatable bonds is 8. The molecule has 0 fully saturated rings. The van der Waals surface area contributed by atoms with Crippen molar-refractivity contribution in [2.24, 2.45) is 13.0 Å². The SMILES string of the molecule is CC(C)[C@@H](NC(=O)c1ccc2c(c1)OCO2)c1nnc(S[C@H](C)C(=O)Nc2nccs2)n1C. The molecular formula is C21H24N6O4S2. The van der Waals surface area contributed by atoms with Gasteiger partial charge in [-0.25, -0.2) is 4.98 Å². The molecule has 2 aromatic heterocycles. The Kier molecular flexibility index (Phi) is 6.84. The number of ether oxygens (including phenoxy) is 2. The lowest BCUT2D eigenvalue weighted by Crippen LogP contribution is -2.33. The van der Waals surface area contributed by atoms with E-state index in [-0.39, 0.29) is 30.6 Å². The summed E-state index contributed by atoms with van der Waals surface area (Å²) < 4.78 is 12.5. The summed E-state index contributed by atoms with van der Waals surface area (Å²) in [5.41, 5.74) is 0.467. The van der Waals surface area contributed by atoms with Crippen LogP contribution in [0.1, 0.15) is 43.0 Å². The summed E-state index contributed by atoms with van der Waals surface area (Å²) in [6.07, 6.45) is 1.64. The van der Waals surface area contributed by atoms with E-state index in [1.165, 1.54) is 23.1 Å². The van der Waals surface area contributed by atoms with Gasteiger partial charge < -0.3 is 24.7 Å². The van der Waals surface area contributed by atoms with Crippen LogP contribution >= 0.6 is 23.1 Å². The summed E-state index contributed by atoms with van der Waals surface area (Å²) in [7, 11) is 1.82. The number of amides is 2. The van der Waals surface area contributed by atoms with Crippen LogP contribution in [-0.4, -0.2) is 43.6 Å². The quantitative estimate of drug-likeness (QED) is 0.464. The summed E-state index contributed by atoms with van der Waals surface area (Å²) in [6, 6.07) is 4.70. The maximum absolute atomic E-state index is 12.9. The summed E-state index contributed by atoms with van der Waals surface area (Å²) in [5.74, 6) is 1.40. The highest BCUT2D eigenvalue weighted by atomic mass is 32.2. The molecule has 0 radical (unpaired) electrons. The largest absolute Gasteiger partial charge is 0.454 e. The molecule has 0 aliphatic carbocycles. The topological polar surface area (TPSA) is 120 Å². The van der Waals surface area contributed by atoms with Gasteiger partial charge in [-0.3, -0.25) is 9.59 Å². The van der Waals surface area contributed by atoms with Gasteiger partial charge in [0, 0.05) is 24.2 Å². The van der Waals surface area contributed by atoms with Crippen LogP contribution < -0.4 is 20.1 Å². The number of thiazole rings is 1. The minimum absolute atomic E-state index is 0.0503. The second kappa shape index (κ2) is 9.79. The van der Waals surface area contributed by atoms with E-state index >= 15 is 0 Å². The van der Waals surface area contributed by atoms with Gasteiger partial charge >= 0.3 is 0 Å². The number of hydrogen-bond acceptors (Lipinski definition) is 9. The van der Waals surface area contributed by atoms with Crippen LogP contribution in [0.4, 0.5) is 5.13 Å². The number of benzene rings is 1. The predicted octanol–water partition coefficient (Wildman–Crippen LogP) is 3.25. The molecule has 12 heteroatoms. The lowest BCUT2D eigenvalue weighted by molar-refractivity contribution is -0.115.